The molecule has 0 amide bonds. The molecule has 1 aliphatic carbocycles. The molecule has 0 bridgehead atoms. The molecule has 0 spiro atoms. The van der Waals surface area contributed by atoms with E-state index < -0.39 is 0 Å². The number of carbonyl (C=O) groups excluding carboxylic acids is 1. The predicted octanol–water partition coefficient (Wildman–Crippen LogP) is 4.20. The topological polar surface area (TPSA) is 35.5 Å². The molecule has 2 fully saturated rings. The Kier molecular flexibility index (Phi) is 5.09. The molecule has 0 unspecified atom stereocenters. The Morgan fingerprint density at radius 1 is 1.23 bits per heavy atom. The van der Waals surface area contributed by atoms with Gasteiger partial charge in [-0.15, -0.1) is 11.8 Å². The Labute approximate surface area is 136 Å². The second-order valence-corrected chi connectivity index (χ2v) is 7.82. The normalized spacial score (nSPS) is 27.5. The highest BCUT2D eigenvalue weighted by Crippen LogP contribution is 2.49. The molecule has 0 N–H and O–H groups in total. The highest BCUT2D eigenvalue weighted by atomic mass is 32.2. The van der Waals surface area contributed by atoms with Crippen molar-refractivity contribution in [3.05, 3.63) is 30.3 Å². The maximum Gasteiger partial charge on any atom is 0.302 e. The zero-order chi connectivity index (χ0) is 15.4. The van der Waals surface area contributed by atoms with Crippen LogP contribution in [0.4, 0.5) is 0 Å². The molecule has 2 aliphatic rings. The Morgan fingerprint density at radius 2 is 1.95 bits per heavy atom. The monoisotopic (exact) mass is 320 g/mol. The van der Waals surface area contributed by atoms with Crippen molar-refractivity contribution in [2.24, 2.45) is 0 Å². The van der Waals surface area contributed by atoms with E-state index >= 15 is 0 Å². The van der Waals surface area contributed by atoms with Crippen LogP contribution in [-0.2, 0) is 14.3 Å². The Hall–Kier alpha value is -1.00. The summed E-state index contributed by atoms with van der Waals surface area (Å²) in [6, 6.07) is 10.6. The van der Waals surface area contributed by atoms with Crippen molar-refractivity contribution in [3.8, 4) is 0 Å². The van der Waals surface area contributed by atoms with Gasteiger partial charge in [-0.3, -0.25) is 4.79 Å². The number of rotatable bonds is 4. The minimum atomic E-state index is -0.206. The number of thioether (sulfide) groups is 1. The van der Waals surface area contributed by atoms with E-state index in [9.17, 15) is 4.79 Å². The van der Waals surface area contributed by atoms with Crippen LogP contribution in [0.1, 0.15) is 45.4 Å². The lowest BCUT2D eigenvalue weighted by atomic mass is 9.83. The molecule has 0 radical (unpaired) electrons. The van der Waals surface area contributed by atoms with Gasteiger partial charge >= 0.3 is 5.97 Å². The van der Waals surface area contributed by atoms with Crippen molar-refractivity contribution >= 4 is 17.7 Å². The van der Waals surface area contributed by atoms with Gasteiger partial charge in [0.25, 0.3) is 0 Å². The van der Waals surface area contributed by atoms with Crippen LogP contribution < -0.4 is 0 Å². The zero-order valence-corrected chi connectivity index (χ0v) is 13.9. The van der Waals surface area contributed by atoms with Crippen molar-refractivity contribution < 1.29 is 14.3 Å². The lowest BCUT2D eigenvalue weighted by molar-refractivity contribution is -0.146. The standard InChI is InChI=1S/C18H24O3S/c1-14(19)21-15-12-17(20-13-15)18(10-6-3-7-11-18)22-16-8-4-2-5-9-16/h2,4-5,8-9,15,17H,3,6-7,10-13H2,1H3/t15-,17+/m1/s1. The van der Waals surface area contributed by atoms with Gasteiger partial charge in [-0.05, 0) is 25.0 Å². The van der Waals surface area contributed by atoms with Crippen LogP contribution in [0.15, 0.2) is 35.2 Å². The van der Waals surface area contributed by atoms with Gasteiger partial charge in [0.05, 0.1) is 12.7 Å². The number of benzene rings is 1. The van der Waals surface area contributed by atoms with E-state index in [1.165, 1.54) is 43.9 Å². The van der Waals surface area contributed by atoms with Gasteiger partial charge in [0.15, 0.2) is 0 Å². The van der Waals surface area contributed by atoms with Crippen molar-refractivity contribution in [1.82, 2.24) is 0 Å². The van der Waals surface area contributed by atoms with E-state index in [0.717, 1.165) is 6.42 Å². The SMILES string of the molecule is CC(=O)O[C@H]1CO[C@H](C2(Sc3ccccc3)CCCCC2)C1. The number of carbonyl (C=O) groups is 1. The largest absolute Gasteiger partial charge is 0.460 e. The molecule has 1 saturated heterocycles. The van der Waals surface area contributed by atoms with Crippen LogP contribution in [-0.4, -0.2) is 29.5 Å². The number of esters is 1. The quantitative estimate of drug-likeness (QED) is 0.779. The first-order valence-corrected chi connectivity index (χ1v) is 9.02. The van der Waals surface area contributed by atoms with Gasteiger partial charge in [0, 0.05) is 23.0 Å². The van der Waals surface area contributed by atoms with Crippen molar-refractivity contribution in [1.29, 1.82) is 0 Å². The number of ether oxygens (including phenoxy) is 2. The fourth-order valence-corrected chi connectivity index (χ4v) is 5.20. The van der Waals surface area contributed by atoms with Crippen molar-refractivity contribution in [2.75, 3.05) is 6.61 Å². The van der Waals surface area contributed by atoms with E-state index in [4.69, 9.17) is 9.47 Å². The van der Waals surface area contributed by atoms with Crippen LogP contribution in [0.5, 0.6) is 0 Å². The molecule has 1 aromatic carbocycles. The lowest BCUT2D eigenvalue weighted by Gasteiger charge is -2.41. The Morgan fingerprint density at radius 3 is 2.64 bits per heavy atom. The molecule has 3 nitrogen and oxygen atoms in total. The summed E-state index contributed by atoms with van der Waals surface area (Å²) in [6.07, 6.45) is 7.15. The van der Waals surface area contributed by atoms with E-state index in [0.29, 0.717) is 6.61 Å². The average Bonchev–Trinajstić information content (AvgIpc) is 2.97. The van der Waals surface area contributed by atoms with Crippen LogP contribution in [0.25, 0.3) is 0 Å². The van der Waals surface area contributed by atoms with Gasteiger partial charge in [-0.1, -0.05) is 37.5 Å². The number of hydrogen-bond acceptors (Lipinski definition) is 4. The highest BCUT2D eigenvalue weighted by Gasteiger charge is 2.46. The fraction of sp³-hybridized carbons (Fsp3) is 0.611. The Bertz CT molecular complexity index is 496. The minimum absolute atomic E-state index is 0.0716. The van der Waals surface area contributed by atoms with E-state index in [1.54, 1.807) is 0 Å². The highest BCUT2D eigenvalue weighted by molar-refractivity contribution is 8.00. The van der Waals surface area contributed by atoms with Gasteiger partial charge in [0.2, 0.25) is 0 Å². The second-order valence-electron chi connectivity index (χ2n) is 6.33. The summed E-state index contributed by atoms with van der Waals surface area (Å²) in [4.78, 5) is 12.5. The van der Waals surface area contributed by atoms with Gasteiger partial charge < -0.3 is 9.47 Å². The Balaban J connectivity index is 1.73. The lowest BCUT2D eigenvalue weighted by Crippen LogP contribution is -2.41. The first kappa shape index (κ1) is 15.9. The maximum atomic E-state index is 11.2. The molecule has 0 aromatic heterocycles. The molecule has 1 saturated carbocycles. The predicted molar refractivity (Wildman–Crippen MR) is 88.0 cm³/mol. The summed E-state index contributed by atoms with van der Waals surface area (Å²) in [5.74, 6) is -0.206. The molecule has 1 aliphatic heterocycles. The summed E-state index contributed by atoms with van der Waals surface area (Å²) >= 11 is 1.96. The zero-order valence-electron chi connectivity index (χ0n) is 13.1. The van der Waals surface area contributed by atoms with Gasteiger partial charge in [-0.25, -0.2) is 0 Å². The third-order valence-electron chi connectivity index (χ3n) is 4.64. The summed E-state index contributed by atoms with van der Waals surface area (Å²) in [6.45, 7) is 2.02. The molecular weight excluding hydrogens is 296 g/mol. The molecule has 3 rings (SSSR count). The summed E-state index contributed by atoms with van der Waals surface area (Å²) in [5.41, 5.74) is 0. The molecule has 4 heteroatoms. The molecular formula is C18H24O3S. The summed E-state index contributed by atoms with van der Waals surface area (Å²) in [5, 5.41) is 0. The number of hydrogen-bond donors (Lipinski definition) is 0. The summed E-state index contributed by atoms with van der Waals surface area (Å²) in [7, 11) is 0. The second kappa shape index (κ2) is 7.05. The minimum Gasteiger partial charge on any atom is -0.460 e. The first-order chi connectivity index (χ1) is 10.7. The smallest absolute Gasteiger partial charge is 0.302 e. The third kappa shape index (κ3) is 3.66. The van der Waals surface area contributed by atoms with E-state index in [2.05, 4.69) is 30.3 Å². The van der Waals surface area contributed by atoms with Crippen LogP contribution >= 0.6 is 11.8 Å². The van der Waals surface area contributed by atoms with Gasteiger partial charge in [0.1, 0.15) is 6.10 Å². The van der Waals surface area contributed by atoms with E-state index in [1.807, 2.05) is 11.8 Å². The molecule has 22 heavy (non-hydrogen) atoms. The average molecular weight is 320 g/mol. The van der Waals surface area contributed by atoms with Crippen molar-refractivity contribution in [3.63, 3.8) is 0 Å². The third-order valence-corrected chi connectivity index (χ3v) is 6.23. The van der Waals surface area contributed by atoms with Crippen LogP contribution in [0.2, 0.25) is 0 Å². The van der Waals surface area contributed by atoms with Gasteiger partial charge in [-0.2, -0.15) is 0 Å². The fourth-order valence-electron chi connectivity index (χ4n) is 3.65. The van der Waals surface area contributed by atoms with Crippen molar-refractivity contribution in [2.45, 2.75) is 67.3 Å². The first-order valence-electron chi connectivity index (χ1n) is 8.21. The van der Waals surface area contributed by atoms with E-state index in [-0.39, 0.29) is 22.9 Å². The molecule has 1 aromatic rings. The maximum absolute atomic E-state index is 11.2. The summed E-state index contributed by atoms with van der Waals surface area (Å²) < 4.78 is 11.6. The molecule has 1 heterocycles. The van der Waals surface area contributed by atoms with Crippen LogP contribution in [0, 0.1) is 0 Å². The van der Waals surface area contributed by atoms with Crippen LogP contribution in [0.3, 0.4) is 0 Å². The molecule has 2 atom stereocenters. The molecule has 120 valence electrons.